The largest absolute Gasteiger partial charge is 0.496 e. The molecule has 3 atom stereocenters. The first kappa shape index (κ1) is 24.1. The van der Waals surface area contributed by atoms with E-state index in [-0.39, 0.29) is 46.4 Å². The van der Waals surface area contributed by atoms with Crippen LogP contribution >= 0.6 is 11.6 Å². The summed E-state index contributed by atoms with van der Waals surface area (Å²) in [6.45, 7) is 1.75. The van der Waals surface area contributed by atoms with Gasteiger partial charge in [0.2, 0.25) is 17.2 Å². The first-order valence-corrected chi connectivity index (χ1v) is 11.8. The number of ketones is 2. The fraction of sp³-hybridized carbons (Fsp3) is 0.333. The lowest BCUT2D eigenvalue weighted by molar-refractivity contribution is -0.133. The van der Waals surface area contributed by atoms with Gasteiger partial charge in [0.25, 0.3) is 0 Å². The van der Waals surface area contributed by atoms with Crippen LogP contribution in [-0.2, 0) is 14.3 Å². The van der Waals surface area contributed by atoms with Gasteiger partial charge in [-0.3, -0.25) is 9.59 Å². The molecule has 0 fully saturated rings. The predicted octanol–water partition coefficient (Wildman–Crippen LogP) is 4.34. The second-order valence-corrected chi connectivity index (χ2v) is 9.36. The van der Waals surface area contributed by atoms with Crippen LogP contribution in [0.25, 0.3) is 0 Å². The van der Waals surface area contributed by atoms with Crippen molar-refractivity contribution in [2.45, 2.75) is 31.3 Å². The minimum Gasteiger partial charge on any atom is -0.496 e. The van der Waals surface area contributed by atoms with Crippen LogP contribution in [0.2, 0.25) is 5.02 Å². The van der Waals surface area contributed by atoms with E-state index in [1.54, 1.807) is 6.92 Å². The lowest BCUT2D eigenvalue weighted by Gasteiger charge is -2.40. The minimum atomic E-state index is -1.84. The third-order valence-electron chi connectivity index (χ3n) is 7.14. The topological polar surface area (TPSA) is 100 Å². The van der Waals surface area contributed by atoms with E-state index in [1.165, 1.54) is 27.4 Å². The highest BCUT2D eigenvalue weighted by Crippen LogP contribution is 2.55. The van der Waals surface area contributed by atoms with Gasteiger partial charge < -0.3 is 18.9 Å². The number of hydrogen-bond acceptors (Lipinski definition) is 8. The highest BCUT2D eigenvalue weighted by molar-refractivity contribution is 6.38. The number of hydrogen-bond donors (Lipinski definition) is 0. The zero-order valence-corrected chi connectivity index (χ0v) is 21.0. The molecule has 8 nitrogen and oxygen atoms in total. The van der Waals surface area contributed by atoms with Crippen molar-refractivity contribution in [3.05, 3.63) is 63.8 Å². The summed E-state index contributed by atoms with van der Waals surface area (Å²) in [5.41, 5.74) is 0.141. The van der Waals surface area contributed by atoms with Gasteiger partial charge in [-0.15, -0.1) is 0 Å². The van der Waals surface area contributed by atoms with Gasteiger partial charge in [0.15, 0.2) is 5.75 Å². The Hall–Kier alpha value is -3.65. The molecule has 1 spiro atoms. The third kappa shape index (κ3) is 3.27. The molecule has 0 radical (unpaired) electrons. The first-order chi connectivity index (χ1) is 17.3. The number of benzene rings is 2. The summed E-state index contributed by atoms with van der Waals surface area (Å²) in [7, 11) is 4.15. The molecule has 2 aliphatic heterocycles. The Morgan fingerprint density at radius 2 is 1.75 bits per heavy atom. The molecular weight excluding hydrogens is 486 g/mol. The van der Waals surface area contributed by atoms with Crippen LogP contribution in [-0.4, -0.2) is 50.2 Å². The van der Waals surface area contributed by atoms with E-state index in [1.807, 2.05) is 30.3 Å². The number of nitrogens with zero attached hydrogens (tertiary/aromatic N) is 1. The summed E-state index contributed by atoms with van der Waals surface area (Å²) < 4.78 is 21.9. The molecule has 0 aromatic heterocycles. The van der Waals surface area contributed by atoms with E-state index in [2.05, 4.69) is 4.99 Å². The predicted molar refractivity (Wildman–Crippen MR) is 131 cm³/mol. The van der Waals surface area contributed by atoms with Crippen molar-refractivity contribution < 1.29 is 33.3 Å². The molecule has 186 valence electrons. The fourth-order valence-electron chi connectivity index (χ4n) is 5.36. The minimum absolute atomic E-state index is 0.0629. The summed E-state index contributed by atoms with van der Waals surface area (Å²) >= 11 is 6.52. The van der Waals surface area contributed by atoms with Crippen molar-refractivity contribution in [3.8, 4) is 17.2 Å². The van der Waals surface area contributed by atoms with Gasteiger partial charge in [-0.25, -0.2) is 9.79 Å². The van der Waals surface area contributed by atoms with E-state index in [4.69, 9.17) is 30.5 Å². The number of fused-ring (bicyclic) bond motifs is 1. The Balaban J connectivity index is 1.69. The maximum Gasteiger partial charge on any atom is 0.352 e. The van der Waals surface area contributed by atoms with E-state index in [0.717, 1.165) is 5.56 Å². The number of allylic oxidation sites excluding steroid dienone is 1. The smallest absolute Gasteiger partial charge is 0.352 e. The van der Waals surface area contributed by atoms with Crippen LogP contribution in [0.4, 0.5) is 0 Å². The molecule has 0 amide bonds. The molecule has 2 aromatic rings. The molecule has 5 rings (SSSR count). The van der Waals surface area contributed by atoms with Crippen molar-refractivity contribution >= 4 is 34.8 Å². The number of halogens is 1. The molecule has 3 aliphatic rings. The summed E-state index contributed by atoms with van der Waals surface area (Å²) in [6, 6.07) is 10.8. The Morgan fingerprint density at radius 1 is 1.06 bits per heavy atom. The molecule has 0 saturated heterocycles. The van der Waals surface area contributed by atoms with E-state index >= 15 is 0 Å². The molecule has 2 heterocycles. The molecular formula is C27H24ClNO7. The Labute approximate surface area is 212 Å². The second kappa shape index (κ2) is 8.78. The molecule has 36 heavy (non-hydrogen) atoms. The van der Waals surface area contributed by atoms with Crippen molar-refractivity contribution in [2.24, 2.45) is 10.9 Å². The number of carbonyl (C=O) groups excluding carboxylic acids is 3. The van der Waals surface area contributed by atoms with Crippen molar-refractivity contribution in [2.75, 3.05) is 21.3 Å². The normalized spacial score (nSPS) is 24.6. The van der Waals surface area contributed by atoms with Crippen LogP contribution in [0.15, 0.2) is 52.7 Å². The van der Waals surface area contributed by atoms with Crippen molar-refractivity contribution in [3.63, 3.8) is 0 Å². The van der Waals surface area contributed by atoms with Crippen LogP contribution < -0.4 is 14.2 Å². The number of aliphatic imine (C=N–C) groups is 1. The van der Waals surface area contributed by atoms with Gasteiger partial charge >= 0.3 is 5.97 Å². The summed E-state index contributed by atoms with van der Waals surface area (Å²) in [4.78, 5) is 45.3. The quantitative estimate of drug-likeness (QED) is 0.446. The SMILES string of the molecule is COC(=O)C1=NC2=C(C(=O)C3(Oc4c(Cl)c(OC)cc(OC)c4C3=O)C(C)C2)C(c2ccccc2)C1. The molecule has 0 N–H and O–H groups in total. The monoisotopic (exact) mass is 509 g/mol. The lowest BCUT2D eigenvalue weighted by Crippen LogP contribution is -2.57. The van der Waals surface area contributed by atoms with Gasteiger partial charge in [0, 0.05) is 35.6 Å². The van der Waals surface area contributed by atoms with Crippen LogP contribution in [0.1, 0.15) is 41.6 Å². The third-order valence-corrected chi connectivity index (χ3v) is 7.50. The van der Waals surface area contributed by atoms with Crippen LogP contribution in [0, 0.1) is 5.92 Å². The number of esters is 1. The van der Waals surface area contributed by atoms with Crippen LogP contribution in [0.3, 0.4) is 0 Å². The van der Waals surface area contributed by atoms with Gasteiger partial charge in [0.1, 0.15) is 27.8 Å². The van der Waals surface area contributed by atoms with Crippen LogP contribution in [0.5, 0.6) is 17.2 Å². The zero-order chi connectivity index (χ0) is 25.8. The highest BCUT2D eigenvalue weighted by Gasteiger charge is 2.63. The molecule has 0 bridgehead atoms. The zero-order valence-electron chi connectivity index (χ0n) is 20.2. The molecule has 1 aliphatic carbocycles. The van der Waals surface area contributed by atoms with Gasteiger partial charge in [-0.1, -0.05) is 48.9 Å². The Bertz CT molecular complexity index is 1360. The second-order valence-electron chi connectivity index (χ2n) is 8.98. The van der Waals surface area contributed by atoms with E-state index < -0.39 is 35.0 Å². The Kier molecular flexibility index (Phi) is 5.87. The highest BCUT2D eigenvalue weighted by atomic mass is 35.5. The summed E-state index contributed by atoms with van der Waals surface area (Å²) in [5, 5.41) is 0.0903. The molecule has 3 unspecified atom stereocenters. The van der Waals surface area contributed by atoms with Gasteiger partial charge in [-0.05, 0) is 12.0 Å². The average Bonchev–Trinajstić information content (AvgIpc) is 3.21. The fourth-order valence-corrected chi connectivity index (χ4v) is 5.62. The van der Waals surface area contributed by atoms with E-state index in [9.17, 15) is 14.4 Å². The Morgan fingerprint density at radius 3 is 2.39 bits per heavy atom. The van der Waals surface area contributed by atoms with Gasteiger partial charge in [-0.2, -0.15) is 0 Å². The molecule has 2 aromatic carbocycles. The summed E-state index contributed by atoms with van der Waals surface area (Å²) in [6.07, 6.45) is 0.395. The number of rotatable bonds is 4. The lowest BCUT2D eigenvalue weighted by atomic mass is 9.66. The average molecular weight is 510 g/mol. The number of methoxy groups -OCH3 is 3. The standard InChI is InChI=1S/C27H24ClNO7/c1-13-10-16-20(15(14-8-6-5-7-9-14)11-17(29-16)26(32)35-4)24(30)27(13)25(31)21-18(33-2)12-19(34-3)22(28)23(21)36-27/h5-9,12-13,15H,10-11H2,1-4H3. The first-order valence-electron chi connectivity index (χ1n) is 11.4. The molecule has 9 heteroatoms. The number of carbonyl (C=O) groups is 3. The maximum absolute atomic E-state index is 14.4. The number of ether oxygens (including phenoxy) is 4. The van der Waals surface area contributed by atoms with E-state index in [0.29, 0.717) is 11.3 Å². The van der Waals surface area contributed by atoms with Crippen molar-refractivity contribution in [1.82, 2.24) is 0 Å². The summed E-state index contributed by atoms with van der Waals surface area (Å²) in [5.74, 6) is -2.12. The van der Waals surface area contributed by atoms with Gasteiger partial charge in [0.05, 0.1) is 21.3 Å². The molecule has 0 saturated carbocycles. The van der Waals surface area contributed by atoms with Crippen molar-refractivity contribution in [1.29, 1.82) is 0 Å². The maximum atomic E-state index is 14.4. The number of Topliss-reactive ketones (excluding diaryl/α,β-unsaturated/α-hetero) is 2.